The summed E-state index contributed by atoms with van der Waals surface area (Å²) in [5.74, 6) is -1.11. The molecule has 0 saturated carbocycles. The van der Waals surface area contributed by atoms with E-state index in [1.54, 1.807) is 36.4 Å². The Bertz CT molecular complexity index is 587. The number of nitrogens with one attached hydrogen (secondary N) is 1. The molecule has 0 aliphatic carbocycles. The second-order valence-electron chi connectivity index (χ2n) is 4.52. The molecule has 112 valence electrons. The highest BCUT2D eigenvalue weighted by molar-refractivity contribution is 5.87. The maximum absolute atomic E-state index is 13.4. The molecule has 0 saturated heterocycles. The van der Waals surface area contributed by atoms with Gasteiger partial charge < -0.3 is 10.4 Å². The molecule has 21 heavy (non-hydrogen) atoms. The van der Waals surface area contributed by atoms with Crippen molar-refractivity contribution in [1.29, 1.82) is 0 Å². The van der Waals surface area contributed by atoms with Gasteiger partial charge >= 0.3 is 5.97 Å². The van der Waals surface area contributed by atoms with E-state index in [2.05, 4.69) is 5.32 Å². The SMILES string of the molecule is Cl.O=C(O)c1ccc(CNCCc2ccccc2F)cc1. The molecule has 0 aliphatic heterocycles. The molecule has 0 unspecified atom stereocenters. The normalized spacial score (nSPS) is 9.95. The summed E-state index contributed by atoms with van der Waals surface area (Å²) in [6.45, 7) is 1.30. The third-order valence-electron chi connectivity index (χ3n) is 3.06. The molecular weight excluding hydrogens is 293 g/mol. The largest absolute Gasteiger partial charge is 0.478 e. The van der Waals surface area contributed by atoms with Crippen LogP contribution < -0.4 is 5.32 Å². The minimum atomic E-state index is -0.927. The number of benzene rings is 2. The highest BCUT2D eigenvalue weighted by Crippen LogP contribution is 2.07. The third-order valence-corrected chi connectivity index (χ3v) is 3.06. The molecule has 0 radical (unpaired) electrons. The number of carbonyl (C=O) groups is 1. The van der Waals surface area contributed by atoms with Crippen LogP contribution in [0.25, 0.3) is 0 Å². The summed E-state index contributed by atoms with van der Waals surface area (Å²) in [6.07, 6.45) is 0.625. The Labute approximate surface area is 129 Å². The van der Waals surface area contributed by atoms with Gasteiger partial charge in [0.1, 0.15) is 5.82 Å². The van der Waals surface area contributed by atoms with Gasteiger partial charge in [-0.25, -0.2) is 9.18 Å². The summed E-state index contributed by atoms with van der Waals surface area (Å²) in [7, 11) is 0. The number of rotatable bonds is 6. The highest BCUT2D eigenvalue weighted by atomic mass is 35.5. The lowest BCUT2D eigenvalue weighted by molar-refractivity contribution is 0.0697. The van der Waals surface area contributed by atoms with Crippen LogP contribution in [0.15, 0.2) is 48.5 Å². The van der Waals surface area contributed by atoms with Crippen LogP contribution in [-0.4, -0.2) is 17.6 Å². The highest BCUT2D eigenvalue weighted by Gasteiger charge is 2.02. The first-order valence-corrected chi connectivity index (χ1v) is 6.43. The van der Waals surface area contributed by atoms with Gasteiger partial charge in [-0.3, -0.25) is 0 Å². The number of hydrogen-bond donors (Lipinski definition) is 2. The molecule has 0 atom stereocenters. The van der Waals surface area contributed by atoms with Crippen molar-refractivity contribution >= 4 is 18.4 Å². The van der Waals surface area contributed by atoms with E-state index < -0.39 is 5.97 Å². The van der Waals surface area contributed by atoms with Crippen molar-refractivity contribution in [2.24, 2.45) is 0 Å². The first-order chi connectivity index (χ1) is 9.66. The van der Waals surface area contributed by atoms with E-state index >= 15 is 0 Å². The van der Waals surface area contributed by atoms with Crippen molar-refractivity contribution in [3.8, 4) is 0 Å². The Morgan fingerprint density at radius 1 is 1.10 bits per heavy atom. The quantitative estimate of drug-likeness (QED) is 0.805. The van der Waals surface area contributed by atoms with Crippen LogP contribution >= 0.6 is 12.4 Å². The minimum absolute atomic E-state index is 0. The zero-order valence-corrected chi connectivity index (χ0v) is 12.2. The van der Waals surface area contributed by atoms with Crippen molar-refractivity contribution in [2.75, 3.05) is 6.54 Å². The van der Waals surface area contributed by atoms with Crippen molar-refractivity contribution in [3.63, 3.8) is 0 Å². The van der Waals surface area contributed by atoms with Gasteiger partial charge in [0.2, 0.25) is 0 Å². The summed E-state index contributed by atoms with van der Waals surface area (Å²) in [4.78, 5) is 10.7. The fourth-order valence-electron chi connectivity index (χ4n) is 1.92. The summed E-state index contributed by atoms with van der Waals surface area (Å²) >= 11 is 0. The van der Waals surface area contributed by atoms with Crippen LogP contribution in [0.1, 0.15) is 21.5 Å². The first-order valence-electron chi connectivity index (χ1n) is 6.43. The van der Waals surface area contributed by atoms with Crippen LogP contribution in [-0.2, 0) is 13.0 Å². The van der Waals surface area contributed by atoms with Crippen LogP contribution in [0, 0.1) is 5.82 Å². The van der Waals surface area contributed by atoms with Crippen molar-refractivity contribution < 1.29 is 14.3 Å². The Morgan fingerprint density at radius 2 is 1.76 bits per heavy atom. The van der Waals surface area contributed by atoms with E-state index in [0.717, 1.165) is 5.56 Å². The molecule has 0 aliphatic rings. The number of carboxylic acid groups (broad SMARTS) is 1. The molecule has 0 heterocycles. The van der Waals surface area contributed by atoms with Crippen LogP contribution in [0.3, 0.4) is 0 Å². The number of halogens is 2. The fraction of sp³-hybridized carbons (Fsp3) is 0.188. The molecule has 2 aromatic carbocycles. The average Bonchev–Trinajstić information content (AvgIpc) is 2.46. The topological polar surface area (TPSA) is 49.3 Å². The summed E-state index contributed by atoms with van der Waals surface area (Å²) in [5, 5.41) is 12.0. The predicted octanol–water partition coefficient (Wildman–Crippen LogP) is 3.28. The van der Waals surface area contributed by atoms with Gasteiger partial charge in [-0.2, -0.15) is 0 Å². The Morgan fingerprint density at radius 3 is 2.38 bits per heavy atom. The molecule has 5 heteroatoms. The van der Waals surface area contributed by atoms with Gasteiger partial charge in [-0.05, 0) is 42.3 Å². The van der Waals surface area contributed by atoms with Gasteiger partial charge in [-0.15, -0.1) is 12.4 Å². The second-order valence-corrected chi connectivity index (χ2v) is 4.52. The molecular formula is C16H17ClFNO2. The van der Waals surface area contributed by atoms with Gasteiger partial charge in [0.05, 0.1) is 5.56 Å². The maximum Gasteiger partial charge on any atom is 0.335 e. The number of carboxylic acids is 1. The van der Waals surface area contributed by atoms with E-state index in [1.165, 1.54) is 6.07 Å². The van der Waals surface area contributed by atoms with Gasteiger partial charge in [0, 0.05) is 6.54 Å². The molecule has 0 bridgehead atoms. The smallest absolute Gasteiger partial charge is 0.335 e. The summed E-state index contributed by atoms with van der Waals surface area (Å²) < 4.78 is 13.4. The van der Waals surface area contributed by atoms with E-state index in [1.807, 2.05) is 6.07 Å². The molecule has 2 aromatic rings. The Hall–Kier alpha value is -1.91. The van der Waals surface area contributed by atoms with E-state index in [9.17, 15) is 9.18 Å². The van der Waals surface area contributed by atoms with Crippen LogP contribution in [0.5, 0.6) is 0 Å². The van der Waals surface area contributed by atoms with E-state index in [-0.39, 0.29) is 23.8 Å². The number of aromatic carboxylic acids is 1. The monoisotopic (exact) mass is 309 g/mol. The lowest BCUT2D eigenvalue weighted by Gasteiger charge is -2.06. The fourth-order valence-corrected chi connectivity index (χ4v) is 1.92. The summed E-state index contributed by atoms with van der Waals surface area (Å²) in [5.41, 5.74) is 1.98. The first kappa shape index (κ1) is 17.1. The molecule has 3 nitrogen and oxygen atoms in total. The number of hydrogen-bond acceptors (Lipinski definition) is 2. The zero-order chi connectivity index (χ0) is 14.4. The van der Waals surface area contributed by atoms with Crippen molar-refractivity contribution in [3.05, 3.63) is 71.0 Å². The van der Waals surface area contributed by atoms with E-state index in [4.69, 9.17) is 5.11 Å². The zero-order valence-electron chi connectivity index (χ0n) is 11.4. The minimum Gasteiger partial charge on any atom is -0.478 e. The molecule has 0 aromatic heterocycles. The van der Waals surface area contributed by atoms with Crippen molar-refractivity contribution in [2.45, 2.75) is 13.0 Å². The van der Waals surface area contributed by atoms with Crippen LogP contribution in [0.2, 0.25) is 0 Å². The van der Waals surface area contributed by atoms with Gasteiger partial charge in [0.15, 0.2) is 0 Å². The Balaban J connectivity index is 0.00000220. The second kappa shape index (κ2) is 8.39. The summed E-state index contributed by atoms with van der Waals surface area (Å²) in [6, 6.07) is 13.4. The predicted molar refractivity (Wildman–Crippen MR) is 82.5 cm³/mol. The Kier molecular flexibility index (Phi) is 6.85. The van der Waals surface area contributed by atoms with Gasteiger partial charge in [-0.1, -0.05) is 30.3 Å². The standard InChI is InChI=1S/C16H16FNO2.ClH/c17-15-4-2-1-3-13(15)9-10-18-11-12-5-7-14(8-6-12)16(19)20;/h1-8,18H,9-11H2,(H,19,20);1H. The van der Waals surface area contributed by atoms with E-state index in [0.29, 0.717) is 25.1 Å². The molecule has 0 fully saturated rings. The van der Waals surface area contributed by atoms with Crippen molar-refractivity contribution in [1.82, 2.24) is 5.32 Å². The molecule has 2 rings (SSSR count). The van der Waals surface area contributed by atoms with Gasteiger partial charge in [0.25, 0.3) is 0 Å². The molecule has 0 amide bonds. The lowest BCUT2D eigenvalue weighted by Crippen LogP contribution is -2.17. The molecule has 2 N–H and O–H groups in total. The molecule has 0 spiro atoms. The van der Waals surface area contributed by atoms with Crippen LogP contribution in [0.4, 0.5) is 4.39 Å². The maximum atomic E-state index is 13.4. The third kappa shape index (κ3) is 5.17. The average molecular weight is 310 g/mol. The lowest BCUT2D eigenvalue weighted by atomic mass is 10.1.